The number of rotatable bonds is 9. The number of nitrogens with two attached hydrogens (primary N) is 1. The van der Waals surface area contributed by atoms with Crippen molar-refractivity contribution < 1.29 is 8.42 Å². The second kappa shape index (κ2) is 8.16. The van der Waals surface area contributed by atoms with Crippen LogP contribution in [-0.4, -0.2) is 26.0 Å². The van der Waals surface area contributed by atoms with Gasteiger partial charge in [0.15, 0.2) is 9.84 Å². The van der Waals surface area contributed by atoms with E-state index in [-0.39, 0.29) is 6.04 Å². The van der Waals surface area contributed by atoms with Crippen LogP contribution in [0.3, 0.4) is 0 Å². The Morgan fingerprint density at radius 1 is 1.17 bits per heavy atom. The van der Waals surface area contributed by atoms with E-state index < -0.39 is 9.84 Å². The molecule has 1 fully saturated rings. The minimum atomic E-state index is -2.73. The highest BCUT2D eigenvalue weighted by atomic mass is 32.2. The first kappa shape index (κ1) is 16.0. The second-order valence-corrected chi connectivity index (χ2v) is 8.05. The molecule has 3 nitrogen and oxygen atoms in total. The lowest BCUT2D eigenvalue weighted by Crippen LogP contribution is -2.24. The summed E-state index contributed by atoms with van der Waals surface area (Å²) in [5.41, 5.74) is 6.09. The van der Waals surface area contributed by atoms with Gasteiger partial charge in [0.1, 0.15) is 0 Å². The average Bonchev–Trinajstić information content (AvgIpc) is 2.63. The lowest BCUT2D eigenvalue weighted by molar-refractivity contribution is 0.435. The van der Waals surface area contributed by atoms with Crippen LogP contribution in [0.15, 0.2) is 0 Å². The summed E-state index contributed by atoms with van der Waals surface area (Å²) in [6.07, 6.45) is 10.5. The third-order valence-corrected chi connectivity index (χ3v) is 5.73. The molecule has 0 saturated carbocycles. The van der Waals surface area contributed by atoms with Crippen molar-refractivity contribution in [3.05, 3.63) is 0 Å². The normalized spacial score (nSPS) is 24.2. The van der Waals surface area contributed by atoms with Crippen molar-refractivity contribution >= 4 is 9.84 Å². The molecule has 2 unspecified atom stereocenters. The van der Waals surface area contributed by atoms with Gasteiger partial charge in [0.05, 0.1) is 11.5 Å². The maximum atomic E-state index is 11.3. The third kappa shape index (κ3) is 6.74. The van der Waals surface area contributed by atoms with Crippen LogP contribution in [-0.2, 0) is 9.84 Å². The molecule has 1 saturated heterocycles. The number of unbranched alkanes of at least 4 members (excludes halogenated alkanes) is 5. The number of hydrogen-bond acceptors (Lipinski definition) is 3. The molecule has 4 heteroatoms. The molecule has 0 bridgehead atoms. The predicted molar refractivity (Wildman–Crippen MR) is 77.3 cm³/mol. The summed E-state index contributed by atoms with van der Waals surface area (Å²) < 4.78 is 22.7. The van der Waals surface area contributed by atoms with Crippen LogP contribution in [0.1, 0.15) is 64.7 Å². The molecule has 2 atom stereocenters. The molecule has 0 spiro atoms. The molecule has 108 valence electrons. The van der Waals surface area contributed by atoms with Gasteiger partial charge in [-0.25, -0.2) is 8.42 Å². The maximum Gasteiger partial charge on any atom is 0.150 e. The molecule has 0 radical (unpaired) electrons. The van der Waals surface area contributed by atoms with Crippen molar-refractivity contribution in [1.82, 2.24) is 0 Å². The molecule has 1 aliphatic rings. The Balaban J connectivity index is 2.02. The van der Waals surface area contributed by atoms with E-state index in [1.54, 1.807) is 0 Å². The van der Waals surface area contributed by atoms with Crippen molar-refractivity contribution in [1.29, 1.82) is 0 Å². The van der Waals surface area contributed by atoms with Crippen LogP contribution in [0, 0.1) is 5.92 Å². The first-order valence-electron chi connectivity index (χ1n) is 7.49. The SMILES string of the molecule is CCCCCCCCC(N)CC1CCS(=O)(=O)C1. The van der Waals surface area contributed by atoms with Crippen molar-refractivity contribution in [2.45, 2.75) is 70.8 Å². The van der Waals surface area contributed by atoms with E-state index in [4.69, 9.17) is 5.73 Å². The summed E-state index contributed by atoms with van der Waals surface area (Å²) in [4.78, 5) is 0. The van der Waals surface area contributed by atoms with Gasteiger partial charge >= 0.3 is 0 Å². The van der Waals surface area contributed by atoms with Crippen LogP contribution in [0.2, 0.25) is 0 Å². The molecule has 0 aromatic carbocycles. The van der Waals surface area contributed by atoms with E-state index in [0.29, 0.717) is 17.4 Å². The van der Waals surface area contributed by atoms with Gasteiger partial charge in [0.2, 0.25) is 0 Å². The fourth-order valence-corrected chi connectivity index (χ4v) is 4.67. The monoisotopic (exact) mass is 275 g/mol. The van der Waals surface area contributed by atoms with Crippen molar-refractivity contribution in [3.63, 3.8) is 0 Å². The first-order chi connectivity index (χ1) is 8.53. The second-order valence-electron chi connectivity index (χ2n) is 5.82. The molecule has 0 aromatic heterocycles. The molecule has 1 heterocycles. The van der Waals surface area contributed by atoms with Gasteiger partial charge in [0.25, 0.3) is 0 Å². The van der Waals surface area contributed by atoms with E-state index in [0.717, 1.165) is 19.3 Å². The summed E-state index contributed by atoms with van der Waals surface area (Å²) in [7, 11) is -2.73. The van der Waals surface area contributed by atoms with Crippen LogP contribution in [0.4, 0.5) is 0 Å². The number of sulfone groups is 1. The summed E-state index contributed by atoms with van der Waals surface area (Å²) in [6.45, 7) is 2.23. The molecular weight excluding hydrogens is 246 g/mol. The van der Waals surface area contributed by atoms with E-state index in [1.807, 2.05) is 0 Å². The third-order valence-electron chi connectivity index (χ3n) is 3.89. The predicted octanol–water partition coefficient (Wildman–Crippen LogP) is 2.89. The van der Waals surface area contributed by atoms with Gasteiger partial charge < -0.3 is 5.73 Å². The van der Waals surface area contributed by atoms with Crippen LogP contribution in [0.5, 0.6) is 0 Å². The Kier molecular flexibility index (Phi) is 7.23. The summed E-state index contributed by atoms with van der Waals surface area (Å²) in [5.74, 6) is 1.07. The lowest BCUT2D eigenvalue weighted by atomic mass is 9.96. The Bertz CT molecular complexity index is 314. The Hall–Kier alpha value is -0.0900. The van der Waals surface area contributed by atoms with Crippen LogP contribution >= 0.6 is 0 Å². The molecule has 0 amide bonds. The zero-order chi connectivity index (χ0) is 13.4. The zero-order valence-electron chi connectivity index (χ0n) is 11.7. The average molecular weight is 275 g/mol. The van der Waals surface area contributed by atoms with Gasteiger partial charge in [-0.1, -0.05) is 45.4 Å². The summed E-state index contributed by atoms with van der Waals surface area (Å²) >= 11 is 0. The quantitative estimate of drug-likeness (QED) is 0.658. The van der Waals surface area contributed by atoms with Crippen molar-refractivity contribution in [3.8, 4) is 0 Å². The number of hydrogen-bond donors (Lipinski definition) is 1. The Labute approximate surface area is 112 Å². The molecule has 18 heavy (non-hydrogen) atoms. The molecule has 1 rings (SSSR count). The highest BCUT2D eigenvalue weighted by molar-refractivity contribution is 7.91. The first-order valence-corrected chi connectivity index (χ1v) is 9.31. The highest BCUT2D eigenvalue weighted by Crippen LogP contribution is 2.23. The van der Waals surface area contributed by atoms with Gasteiger partial charge in [-0.05, 0) is 25.2 Å². The molecule has 1 aliphatic heterocycles. The summed E-state index contributed by atoms with van der Waals surface area (Å²) in [5, 5.41) is 0. The molecule has 0 aliphatic carbocycles. The van der Waals surface area contributed by atoms with Crippen molar-refractivity contribution in [2.75, 3.05) is 11.5 Å². The van der Waals surface area contributed by atoms with Gasteiger partial charge in [-0.15, -0.1) is 0 Å². The van der Waals surface area contributed by atoms with Crippen molar-refractivity contribution in [2.24, 2.45) is 11.7 Å². The van der Waals surface area contributed by atoms with Gasteiger partial charge in [-0.3, -0.25) is 0 Å². The molecule has 0 aromatic rings. The smallest absolute Gasteiger partial charge is 0.150 e. The fraction of sp³-hybridized carbons (Fsp3) is 1.00. The standard InChI is InChI=1S/C14H29NO2S/c1-2-3-4-5-6-7-8-14(15)11-13-9-10-18(16,17)12-13/h13-14H,2-12,15H2,1H3. The van der Waals surface area contributed by atoms with E-state index >= 15 is 0 Å². The minimum Gasteiger partial charge on any atom is -0.328 e. The largest absolute Gasteiger partial charge is 0.328 e. The van der Waals surface area contributed by atoms with Crippen LogP contribution < -0.4 is 5.73 Å². The van der Waals surface area contributed by atoms with E-state index in [2.05, 4.69) is 6.92 Å². The summed E-state index contributed by atoms with van der Waals surface area (Å²) in [6, 6.07) is 0.203. The van der Waals surface area contributed by atoms with Crippen LogP contribution in [0.25, 0.3) is 0 Å². The molecular formula is C14H29NO2S. The molecule has 2 N–H and O–H groups in total. The van der Waals surface area contributed by atoms with Gasteiger partial charge in [0, 0.05) is 6.04 Å². The minimum absolute atomic E-state index is 0.203. The highest BCUT2D eigenvalue weighted by Gasteiger charge is 2.28. The zero-order valence-corrected chi connectivity index (χ0v) is 12.6. The fourth-order valence-electron chi connectivity index (χ4n) is 2.79. The van der Waals surface area contributed by atoms with E-state index in [1.165, 1.54) is 38.5 Å². The Morgan fingerprint density at radius 3 is 2.44 bits per heavy atom. The van der Waals surface area contributed by atoms with Gasteiger partial charge in [-0.2, -0.15) is 0 Å². The topological polar surface area (TPSA) is 60.2 Å². The lowest BCUT2D eigenvalue weighted by Gasteiger charge is -2.15. The Morgan fingerprint density at radius 2 is 1.83 bits per heavy atom. The van der Waals surface area contributed by atoms with E-state index in [9.17, 15) is 8.42 Å². The maximum absolute atomic E-state index is 11.3.